The van der Waals surface area contributed by atoms with Crippen LogP contribution in [0.2, 0.25) is 0 Å². The van der Waals surface area contributed by atoms with E-state index < -0.39 is 0 Å². The van der Waals surface area contributed by atoms with Crippen molar-refractivity contribution in [3.8, 4) is 33.4 Å². The van der Waals surface area contributed by atoms with Gasteiger partial charge in [-0.25, -0.2) is 0 Å². The topological polar surface area (TPSA) is 32.8 Å². The first-order chi connectivity index (χ1) is 34.0. The van der Waals surface area contributed by atoms with Gasteiger partial charge in [-0.15, -0.1) is 11.3 Å². The van der Waals surface area contributed by atoms with E-state index in [9.17, 15) is 0 Å². The van der Waals surface area contributed by atoms with Crippen LogP contribution in [-0.2, 0) is 10.8 Å². The predicted octanol–water partition coefficient (Wildman–Crippen LogP) is 17.3. The minimum absolute atomic E-state index is 0.00904. The molecular weight excluding hydrogens is 872 g/mol. The van der Waals surface area contributed by atoms with Gasteiger partial charge in [0.1, 0.15) is 16.7 Å². The number of anilines is 5. The highest BCUT2D eigenvalue weighted by molar-refractivity contribution is 7.32. The van der Waals surface area contributed by atoms with Gasteiger partial charge in [0.25, 0.3) is 0 Å². The van der Waals surface area contributed by atoms with Crippen molar-refractivity contribution >= 4 is 111 Å². The molecule has 4 nitrogen and oxygen atoms in total. The summed E-state index contributed by atoms with van der Waals surface area (Å²) in [5.74, 6) is 0. The molecule has 9 aromatic carbocycles. The molecule has 6 heteroatoms. The summed E-state index contributed by atoms with van der Waals surface area (Å²) in [6.07, 6.45) is 0. The van der Waals surface area contributed by atoms with E-state index in [2.05, 4.69) is 239 Å². The van der Waals surface area contributed by atoms with Crippen LogP contribution in [0.5, 0.6) is 0 Å². The molecule has 0 atom stereocenters. The Morgan fingerprint density at radius 3 is 1.77 bits per heavy atom. The lowest BCUT2D eigenvalue weighted by molar-refractivity contribution is 0.590. The largest absolute Gasteiger partial charge is 0.456 e. The van der Waals surface area contributed by atoms with Crippen LogP contribution in [-0.4, -0.2) is 6.85 Å². The molecule has 3 aromatic heterocycles. The van der Waals surface area contributed by atoms with Crippen molar-refractivity contribution in [2.45, 2.75) is 52.4 Å². The molecule has 0 aliphatic carbocycles. The van der Waals surface area contributed by atoms with Crippen molar-refractivity contribution in [3.63, 3.8) is 0 Å². The third-order valence-electron chi connectivity index (χ3n) is 15.0. The Bertz CT molecular complexity index is 4090. The van der Waals surface area contributed by atoms with Gasteiger partial charge in [-0.3, -0.25) is 0 Å². The highest BCUT2D eigenvalue weighted by Gasteiger charge is 2.49. The smallest absolute Gasteiger partial charge is 0.343 e. The van der Waals surface area contributed by atoms with Crippen LogP contribution in [0.3, 0.4) is 0 Å². The van der Waals surface area contributed by atoms with Crippen LogP contribution in [0, 0.1) is 0 Å². The molecule has 0 bridgehead atoms. The van der Waals surface area contributed by atoms with E-state index in [1.165, 1.54) is 70.5 Å². The number of nitrogens with zero attached hydrogens (tertiary/aromatic N) is 2. The zero-order valence-electron chi connectivity index (χ0n) is 40.1. The monoisotopic (exact) mass is 920 g/mol. The molecule has 5 heterocycles. The second-order valence-corrected chi connectivity index (χ2v) is 22.4. The SMILES string of the molecule is CC(C)(C)c1ccc(N2B3c4sc5cc(-c6ccccc6)ccc5c4N(c4ccc(C(C)(C)C)cc4-c4ccccc4)c4c3c(cc3c4oc4ccccc43)-c3cc4c(cc32)oc2ccccc24)cc1. The minimum Gasteiger partial charge on any atom is -0.456 e. The summed E-state index contributed by atoms with van der Waals surface area (Å²) < 4.78 is 16.6. The molecule has 0 saturated heterocycles. The Labute approximate surface area is 412 Å². The molecule has 0 unspecified atom stereocenters. The number of fused-ring (bicyclic) bond motifs is 13. The maximum Gasteiger partial charge on any atom is 0.343 e. The van der Waals surface area contributed by atoms with Gasteiger partial charge < -0.3 is 18.5 Å². The van der Waals surface area contributed by atoms with Gasteiger partial charge in [0.15, 0.2) is 5.58 Å². The average molecular weight is 921 g/mol. The number of hydrogen-bond donors (Lipinski definition) is 0. The molecule has 12 aromatic rings. The van der Waals surface area contributed by atoms with Crippen LogP contribution in [0.25, 0.3) is 87.3 Å². The van der Waals surface area contributed by atoms with Gasteiger partial charge in [-0.2, -0.15) is 0 Å². The number of furan rings is 2. The zero-order chi connectivity index (χ0) is 47.2. The van der Waals surface area contributed by atoms with Crippen molar-refractivity contribution in [3.05, 3.63) is 199 Å². The highest BCUT2D eigenvalue weighted by atomic mass is 32.1. The Morgan fingerprint density at radius 1 is 0.429 bits per heavy atom. The summed E-state index contributed by atoms with van der Waals surface area (Å²) in [4.78, 5) is 5.21. The van der Waals surface area contributed by atoms with E-state index in [1.807, 2.05) is 11.3 Å². The molecule has 0 radical (unpaired) electrons. The second-order valence-electron chi connectivity index (χ2n) is 21.3. The van der Waals surface area contributed by atoms with Crippen LogP contribution < -0.4 is 20.0 Å². The number of benzene rings is 9. The summed E-state index contributed by atoms with van der Waals surface area (Å²) in [5.41, 5.74) is 20.0. The van der Waals surface area contributed by atoms with Gasteiger partial charge in [0, 0.05) is 65.0 Å². The Kier molecular flexibility index (Phi) is 8.74. The molecule has 2 aliphatic rings. The van der Waals surface area contributed by atoms with E-state index >= 15 is 0 Å². The molecule has 70 heavy (non-hydrogen) atoms. The normalized spacial score (nSPS) is 13.5. The molecule has 0 N–H and O–H groups in total. The molecule has 0 amide bonds. The molecular formula is C64H49BN2O2S. The van der Waals surface area contributed by atoms with Gasteiger partial charge in [-0.1, -0.05) is 169 Å². The lowest BCUT2D eigenvalue weighted by atomic mass is 9.46. The van der Waals surface area contributed by atoms with Crippen molar-refractivity contribution in [1.82, 2.24) is 0 Å². The van der Waals surface area contributed by atoms with Gasteiger partial charge in [0.2, 0.25) is 0 Å². The van der Waals surface area contributed by atoms with E-state index in [1.54, 1.807) is 0 Å². The molecule has 0 fully saturated rings. The van der Waals surface area contributed by atoms with E-state index in [0.29, 0.717) is 0 Å². The fraction of sp³-hybridized carbons (Fsp3) is 0.125. The highest BCUT2D eigenvalue weighted by Crippen LogP contribution is 2.55. The third kappa shape index (κ3) is 6.09. The van der Waals surface area contributed by atoms with Crippen molar-refractivity contribution in [1.29, 1.82) is 0 Å². The summed E-state index contributed by atoms with van der Waals surface area (Å²) >= 11 is 1.92. The zero-order valence-corrected chi connectivity index (χ0v) is 40.9. The molecule has 2 aliphatic heterocycles. The summed E-state index contributed by atoms with van der Waals surface area (Å²) in [6, 6.07) is 69.4. The first kappa shape index (κ1) is 41.2. The van der Waals surface area contributed by atoms with Gasteiger partial charge in [-0.05, 0) is 104 Å². The first-order valence-electron chi connectivity index (χ1n) is 24.4. The first-order valence-corrected chi connectivity index (χ1v) is 25.3. The number of para-hydroxylation sites is 2. The Balaban J connectivity index is 1.17. The lowest BCUT2D eigenvalue weighted by Gasteiger charge is -2.45. The fourth-order valence-electron chi connectivity index (χ4n) is 11.4. The van der Waals surface area contributed by atoms with Crippen LogP contribution in [0.4, 0.5) is 28.4 Å². The quantitative estimate of drug-likeness (QED) is 0.165. The third-order valence-corrected chi connectivity index (χ3v) is 16.1. The summed E-state index contributed by atoms with van der Waals surface area (Å²) in [6.45, 7) is 13.6. The summed E-state index contributed by atoms with van der Waals surface area (Å²) in [7, 11) is 0. The van der Waals surface area contributed by atoms with Gasteiger partial charge >= 0.3 is 6.85 Å². The number of thiophene rings is 1. The molecule has 336 valence electrons. The number of rotatable bonds is 4. The second kappa shape index (κ2) is 14.9. The van der Waals surface area contributed by atoms with E-state index in [0.717, 1.165) is 66.6 Å². The predicted molar refractivity (Wildman–Crippen MR) is 298 cm³/mol. The molecule has 0 spiro atoms. The lowest BCUT2D eigenvalue weighted by Crippen LogP contribution is -2.60. The maximum atomic E-state index is 7.30. The summed E-state index contributed by atoms with van der Waals surface area (Å²) in [5, 5.41) is 5.63. The molecule has 14 rings (SSSR count). The Morgan fingerprint density at radius 2 is 1.06 bits per heavy atom. The fourth-order valence-corrected chi connectivity index (χ4v) is 12.7. The van der Waals surface area contributed by atoms with Crippen molar-refractivity contribution in [2.24, 2.45) is 0 Å². The van der Waals surface area contributed by atoms with Crippen molar-refractivity contribution < 1.29 is 8.83 Å². The van der Waals surface area contributed by atoms with Gasteiger partial charge in [0.05, 0.1) is 17.1 Å². The average Bonchev–Trinajstić information content (AvgIpc) is 4.07. The standard InChI is InChI=1S/C64H49BN2O2S/c1-63(2,3)41-26-29-43(30-27-41)67-53-37-56-49(44-21-13-15-23-54(44)68-56)35-48(53)50-36-51-45-22-14-16-24-55(45)69-61(51)60-58(50)65(67)62-59(46-31-25-40(33-57(46)70-62)38-17-9-7-10-18-38)66(60)52-32-28-42(64(4,5)6)34-47(52)39-19-11-8-12-20-39/h7-37H,1-6H3. The van der Waals surface area contributed by atoms with Crippen molar-refractivity contribution in [2.75, 3.05) is 9.71 Å². The van der Waals surface area contributed by atoms with Crippen LogP contribution in [0.1, 0.15) is 52.7 Å². The van der Waals surface area contributed by atoms with Crippen LogP contribution in [0.15, 0.2) is 197 Å². The molecule has 0 saturated carbocycles. The van der Waals surface area contributed by atoms with E-state index in [-0.39, 0.29) is 17.7 Å². The minimum atomic E-state index is -0.227. The Hall–Kier alpha value is -7.80. The number of hydrogen-bond acceptors (Lipinski definition) is 5. The maximum absolute atomic E-state index is 7.30. The van der Waals surface area contributed by atoms with Crippen LogP contribution >= 0.6 is 11.3 Å². The van der Waals surface area contributed by atoms with E-state index in [4.69, 9.17) is 8.83 Å².